The van der Waals surface area contributed by atoms with E-state index in [1.807, 2.05) is 25.1 Å². The van der Waals surface area contributed by atoms with Crippen LogP contribution >= 0.6 is 11.6 Å². The van der Waals surface area contributed by atoms with Crippen molar-refractivity contribution in [1.29, 1.82) is 0 Å². The number of azo groups is 4. The zero-order chi connectivity index (χ0) is 101. The van der Waals surface area contributed by atoms with E-state index < -0.39 is 35.3 Å². The van der Waals surface area contributed by atoms with Gasteiger partial charge in [-0.2, -0.15) is 39.1 Å². The van der Waals surface area contributed by atoms with Gasteiger partial charge in [-0.3, -0.25) is 29.0 Å². The van der Waals surface area contributed by atoms with E-state index in [4.69, 9.17) is 43.6 Å². The van der Waals surface area contributed by atoms with Gasteiger partial charge in [-0.25, -0.2) is 74.2 Å². The van der Waals surface area contributed by atoms with E-state index in [0.717, 1.165) is 5.69 Å². The molecule has 10 N–H and O–H groups in total. The molecule has 0 saturated heterocycles. The van der Waals surface area contributed by atoms with Crippen LogP contribution in [0.5, 0.6) is 23.0 Å². The molecule has 0 radical (unpaired) electrons. The molecule has 0 bridgehead atoms. The molecule has 47 heteroatoms. The average Bonchev–Trinajstić information content (AvgIpc) is 1.26. The maximum Gasteiger partial charge on any atom is 0.269 e. The molecular weight excluding hydrogens is 1870 g/mol. The first-order valence-electron chi connectivity index (χ1n) is 42.3. The quantitative estimate of drug-likeness (QED) is 0.0183. The Morgan fingerprint density at radius 1 is 0.338 bits per heavy atom. The van der Waals surface area contributed by atoms with E-state index in [2.05, 4.69) is 162 Å². The highest BCUT2D eigenvalue weighted by molar-refractivity contribution is 6.29. The van der Waals surface area contributed by atoms with Crippen molar-refractivity contribution in [1.82, 2.24) is 98.9 Å². The fourth-order valence-electron chi connectivity index (χ4n) is 13.9. The van der Waals surface area contributed by atoms with Gasteiger partial charge in [0.2, 0.25) is 0 Å². The van der Waals surface area contributed by atoms with Crippen molar-refractivity contribution < 1.29 is 44.4 Å². The largest absolute Gasteiger partial charge is 0.505 e. The molecule has 8 aromatic carbocycles. The number of nitrogens with zero attached hydrogens (tertiary/aromatic N) is 32. The lowest BCUT2D eigenvalue weighted by atomic mass is 10.0. The van der Waals surface area contributed by atoms with Crippen molar-refractivity contribution in [2.24, 2.45) is 46.6 Å². The molecule has 12 aromatic heterocycles. The molecule has 0 aliphatic heterocycles. The lowest BCUT2D eigenvalue weighted by Crippen LogP contribution is -2.19. The van der Waals surface area contributed by atoms with Gasteiger partial charge in [-0.1, -0.05) is 115 Å². The Morgan fingerprint density at radius 2 is 0.662 bits per heavy atom. The van der Waals surface area contributed by atoms with Gasteiger partial charge in [-0.15, -0.1) is 40.9 Å². The summed E-state index contributed by atoms with van der Waals surface area (Å²) in [6.07, 6.45) is 23.3. The summed E-state index contributed by atoms with van der Waals surface area (Å²) in [5.41, 5.74) is 7.33. The molecule has 5 amide bonds. The molecule has 0 atom stereocenters. The van der Waals surface area contributed by atoms with E-state index in [0.29, 0.717) is 60.3 Å². The number of halogens is 1. The fourth-order valence-corrected chi connectivity index (χ4v) is 14.1. The number of aromatic nitrogens is 20. The molecule has 0 fully saturated rings. The molecule has 12 heterocycles. The van der Waals surface area contributed by atoms with Crippen LogP contribution < -0.4 is 27.0 Å². The monoisotopic (exact) mass is 1940 g/mol. The highest BCUT2D eigenvalue weighted by atomic mass is 35.5. The summed E-state index contributed by atoms with van der Waals surface area (Å²) in [4.78, 5) is 127. The van der Waals surface area contributed by atoms with Crippen LogP contribution in [0.3, 0.4) is 0 Å². The van der Waals surface area contributed by atoms with Crippen LogP contribution in [0.2, 0.25) is 5.15 Å². The van der Waals surface area contributed by atoms with Gasteiger partial charge < -0.3 is 47.4 Å². The predicted octanol–water partition coefficient (Wildman–Crippen LogP) is 20.6. The van der Waals surface area contributed by atoms with Crippen LogP contribution in [0.25, 0.3) is 86.3 Å². The smallest absolute Gasteiger partial charge is 0.269 e. The van der Waals surface area contributed by atoms with Gasteiger partial charge in [0.05, 0.1) is 103 Å². The molecule has 145 heavy (non-hydrogen) atoms. The number of phenols is 4. The molecule has 46 nitrogen and oxygen atoms in total. The molecule has 0 spiro atoms. The SMILES string of the molecule is [C-]#[N+]c1cnn(-c2ncccn2)c1N=Nc1c(O)c(C(=O)Nc2ccc(Cl)nc2)cc2ccccc12.[C-]#[N+]c1cnn(-c2ncccn2)c1N=Nc1c(O)c(C(=O)Nc2cccc(C)n2)cc2ccccc12.[C-]#[N+]c1cnn(-c2ncccn2)c1N=Nc1c(O)c(C(=O)Nc2cccnc2)cc2ccccc12.[C-]#[N+]c1cnn(-c2ncccn2)c1N=Nc1c(O)c(C(=O)Nc2cccnc2C(N)=O)cc2ccccc12. The average molecular weight is 1940 g/mol. The topological polar surface area (TPSA) is 583 Å². The molecular formula is C98H62ClN37O9. The molecule has 20 rings (SSSR count). The molecule has 0 saturated carbocycles. The number of primary amides is 1. The van der Waals surface area contributed by atoms with Gasteiger partial charge >= 0.3 is 0 Å². The number of nitrogens with two attached hydrogens (primary N) is 1. The Morgan fingerprint density at radius 3 is 0.979 bits per heavy atom. The third-order valence-electron chi connectivity index (χ3n) is 20.6. The fraction of sp³-hybridized carbons (Fsp3) is 0.0102. The van der Waals surface area contributed by atoms with Crippen molar-refractivity contribution in [3.63, 3.8) is 0 Å². The normalized spacial score (nSPS) is 11.0. The maximum absolute atomic E-state index is 13.2. The van der Waals surface area contributed by atoms with Gasteiger partial charge in [0, 0.05) is 89.2 Å². The van der Waals surface area contributed by atoms with Gasteiger partial charge in [0.1, 0.15) is 33.7 Å². The Balaban J connectivity index is 0.000000132. The first-order valence-corrected chi connectivity index (χ1v) is 42.6. The van der Waals surface area contributed by atoms with Crippen LogP contribution in [0.15, 0.2) is 340 Å². The third-order valence-corrected chi connectivity index (χ3v) is 20.8. The van der Waals surface area contributed by atoms with Crippen LogP contribution in [0.1, 0.15) is 57.6 Å². The van der Waals surface area contributed by atoms with Crippen LogP contribution in [-0.4, -0.2) is 149 Å². The summed E-state index contributed by atoms with van der Waals surface area (Å²) in [5, 5.41) is 110. The lowest BCUT2D eigenvalue weighted by molar-refractivity contribution is 0.0991. The van der Waals surface area contributed by atoms with Crippen LogP contribution in [0, 0.1) is 33.2 Å². The summed E-state index contributed by atoms with van der Waals surface area (Å²) >= 11 is 5.81. The van der Waals surface area contributed by atoms with Crippen molar-refractivity contribution in [2.45, 2.75) is 6.92 Å². The van der Waals surface area contributed by atoms with Crippen molar-refractivity contribution in [2.75, 3.05) is 21.3 Å². The number of hydrogen-bond donors (Lipinski definition) is 9. The molecule has 20 aromatic rings. The highest BCUT2D eigenvalue weighted by Crippen LogP contribution is 2.47. The first kappa shape index (κ1) is 94.5. The lowest BCUT2D eigenvalue weighted by Gasteiger charge is -2.12. The number of carbonyl (C=O) groups is 5. The first-order chi connectivity index (χ1) is 70.7. The van der Waals surface area contributed by atoms with Crippen LogP contribution in [-0.2, 0) is 0 Å². The Hall–Kier alpha value is -22.2. The minimum absolute atomic E-state index is 0.00346. The summed E-state index contributed by atoms with van der Waals surface area (Å²) in [6.45, 7) is 31.6. The summed E-state index contributed by atoms with van der Waals surface area (Å²) in [7, 11) is 0. The van der Waals surface area contributed by atoms with Crippen molar-refractivity contribution in [3.8, 4) is 46.8 Å². The number of anilines is 4. The number of benzene rings is 8. The summed E-state index contributed by atoms with van der Waals surface area (Å²) < 4.78 is 5.05. The number of rotatable bonds is 21. The van der Waals surface area contributed by atoms with E-state index >= 15 is 0 Å². The molecule has 0 unspecified atom stereocenters. The molecule has 0 aliphatic carbocycles. The van der Waals surface area contributed by atoms with Gasteiger partial charge in [-0.05, 0) is 126 Å². The number of aryl methyl sites for hydroxylation is 1. The molecule has 0 aliphatic rings. The minimum atomic E-state index is -0.826. The second-order valence-electron chi connectivity index (χ2n) is 29.7. The van der Waals surface area contributed by atoms with Gasteiger partial charge in [0.15, 0.2) is 52.0 Å². The summed E-state index contributed by atoms with van der Waals surface area (Å²) in [5.74, 6) is -3.43. The number of fused-ring (bicyclic) bond motifs is 4. The number of carbonyl (C=O) groups excluding carboxylic acids is 5. The van der Waals surface area contributed by atoms with E-state index in [1.54, 1.807) is 164 Å². The Labute approximate surface area is 820 Å². The second-order valence-corrected chi connectivity index (χ2v) is 30.1. The third kappa shape index (κ3) is 20.9. The summed E-state index contributed by atoms with van der Waals surface area (Å²) in [6, 6.07) is 55.7. The zero-order valence-electron chi connectivity index (χ0n) is 74.4. The highest BCUT2D eigenvalue weighted by Gasteiger charge is 2.28. The van der Waals surface area contributed by atoms with Crippen molar-refractivity contribution >= 4 is 176 Å². The number of hydrogen-bond acceptors (Lipinski definition) is 33. The number of amides is 5. The maximum atomic E-state index is 13.2. The van der Waals surface area contributed by atoms with E-state index in [-0.39, 0.29) is 149 Å². The Kier molecular flexibility index (Phi) is 28.2. The predicted molar refractivity (Wildman–Crippen MR) is 528 cm³/mol. The minimum Gasteiger partial charge on any atom is -0.505 e. The zero-order valence-corrected chi connectivity index (χ0v) is 75.1. The number of nitrogens with one attached hydrogen (secondary N) is 4. The number of phenolic OH excluding ortho intramolecular Hbond substituents is 4. The van der Waals surface area contributed by atoms with Gasteiger partial charge in [0.25, 0.3) is 76.1 Å². The standard InChI is InChI=1S/C25H16N10O3.C25H17N9O2.C24H14ClN9O2.C24H15N9O2/c1-27-18-13-31-35(25-29-10-5-11-30-25)23(18)34-33-19-15-7-3-2-6-14(15)12-16(21(19)36)24(38)32-17-8-4-9-28-20(17)22(26)37;1-15-7-5-10-20(30-15)31-24(36)18-13-16-8-3-4-9-17(16)21(22(18)35)32-33-23-19(26-2)14-29-34(23)25-27-11-6-12-28-25;1-26-18-13-30-34(24-27-9-4-10-28-24)22(18)33-32-20-16-6-3-2-5-14(16)11-17(21(20)35)23(36)31-15-7-8-19(25)29-12-15;1-25-19-14-29-33(24-27-10-5-11-28-24)22(19)32-31-20-17-8-3-2-6-15(17)12-18(21(20)34)23(35)30-16-7-4-9-26-13-16/h2-13,36H,(H2,26,37)(H,32,38);3-14,35H,1H3,(H,30,31,36);2-13,35H,(H,31,36);2-14,34H,(H,30,35). The second kappa shape index (κ2) is 43.2. The van der Waals surface area contributed by atoms with E-state index in [1.165, 1.54) is 136 Å². The number of pyridine rings is 4. The van der Waals surface area contributed by atoms with E-state index in [9.17, 15) is 44.4 Å². The van der Waals surface area contributed by atoms with Crippen LogP contribution in [0.4, 0.5) is 91.7 Å². The number of aromatic hydroxyl groups is 4. The molecule has 700 valence electrons. The Bertz CT molecular complexity index is 8730. The van der Waals surface area contributed by atoms with Crippen molar-refractivity contribution in [3.05, 3.63) is 384 Å².